The van der Waals surface area contributed by atoms with Gasteiger partial charge in [-0.3, -0.25) is 14.4 Å². The molecule has 27 nitrogen and oxygen atoms in total. The van der Waals surface area contributed by atoms with Gasteiger partial charge in [0.1, 0.15) is 74.8 Å². The van der Waals surface area contributed by atoms with E-state index in [2.05, 4.69) is 107 Å². The molecule has 3 fully saturated rings. The van der Waals surface area contributed by atoms with Gasteiger partial charge in [-0.05, 0) is 68.5 Å². The van der Waals surface area contributed by atoms with Crippen LogP contribution in [-0.2, 0) is 0 Å². The number of alkyl halides is 7. The molecule has 12 rings (SSSR count). The highest BCUT2D eigenvalue weighted by molar-refractivity contribution is 6.02. The first kappa shape index (κ1) is 58.6. The van der Waals surface area contributed by atoms with E-state index >= 15 is 0 Å². The van der Waals surface area contributed by atoms with Crippen molar-refractivity contribution in [2.24, 2.45) is 0 Å². The Bertz CT molecular complexity index is 3750. The topological polar surface area (TPSA) is 316 Å². The van der Waals surface area contributed by atoms with Gasteiger partial charge in [-0.1, -0.05) is 0 Å². The number of halogens is 7. The van der Waals surface area contributed by atoms with Crippen LogP contribution in [0.2, 0.25) is 0 Å². The number of nitrogens with zero attached hydrogens (tertiary/aromatic N) is 12. The van der Waals surface area contributed by atoms with Crippen molar-refractivity contribution in [3.63, 3.8) is 0 Å². The summed E-state index contributed by atoms with van der Waals surface area (Å²) in [5.74, 6) is 0.619. The fourth-order valence-corrected chi connectivity index (χ4v) is 8.37. The van der Waals surface area contributed by atoms with Gasteiger partial charge in [0.25, 0.3) is 17.7 Å². The number of ether oxygens (including phenoxy) is 3. The molecule has 0 aromatic carbocycles. The molecule has 9 N–H and O–H groups in total. The van der Waals surface area contributed by atoms with E-state index in [1.165, 1.54) is 68.9 Å². The van der Waals surface area contributed by atoms with Crippen LogP contribution in [0.1, 0.15) is 69.6 Å². The second kappa shape index (κ2) is 25.9. The van der Waals surface area contributed by atoms with Gasteiger partial charge in [0.05, 0.1) is 24.6 Å². The normalized spacial score (nSPS) is 15.2. The predicted octanol–water partition coefficient (Wildman–Crippen LogP) is 7.55. The first-order valence-corrected chi connectivity index (χ1v) is 26.3. The highest BCUT2D eigenvalue weighted by atomic mass is 19.3. The minimum absolute atomic E-state index is 0.152. The molecule has 3 amide bonds. The van der Waals surface area contributed by atoms with Gasteiger partial charge in [0.2, 0.25) is 17.6 Å². The van der Waals surface area contributed by atoms with Gasteiger partial charge in [-0.15, -0.1) is 0 Å². The van der Waals surface area contributed by atoms with E-state index in [-0.39, 0.29) is 82.0 Å². The summed E-state index contributed by atoms with van der Waals surface area (Å²) in [7, 11) is 5.04. The Morgan fingerprint density at radius 1 is 0.512 bits per heavy atom. The molecule has 9 aromatic heterocycles. The van der Waals surface area contributed by atoms with Crippen molar-refractivity contribution in [1.82, 2.24) is 74.7 Å². The summed E-state index contributed by atoms with van der Waals surface area (Å²) in [6.07, 6.45) is 12.4. The molecular weight excluding hydrogens is 1150 g/mol. The maximum absolute atomic E-state index is 13.1. The number of hydrogen-bond acceptors (Lipinski definition) is 21. The second-order valence-electron chi connectivity index (χ2n) is 19.0. The molecule has 0 saturated heterocycles. The highest BCUT2D eigenvalue weighted by Crippen LogP contribution is 2.33. The van der Waals surface area contributed by atoms with Crippen LogP contribution >= 0.6 is 0 Å². The molecule has 0 spiro atoms. The van der Waals surface area contributed by atoms with Gasteiger partial charge in [-0.2, -0.15) is 55.2 Å². The number of pyridine rings is 3. The number of fused-ring (bicyclic) bond motifs is 3. The van der Waals surface area contributed by atoms with Crippen molar-refractivity contribution in [2.75, 3.05) is 53.0 Å². The van der Waals surface area contributed by atoms with E-state index in [1.54, 1.807) is 57.5 Å². The number of carbonyl (C=O) groups excluding carboxylic acids is 3. The first-order chi connectivity index (χ1) is 41.5. The summed E-state index contributed by atoms with van der Waals surface area (Å²) in [6, 6.07) is 13.9. The summed E-state index contributed by atoms with van der Waals surface area (Å²) >= 11 is 0. The van der Waals surface area contributed by atoms with Crippen LogP contribution in [0.5, 0.6) is 17.6 Å². The average Bonchev–Trinajstić information content (AvgIpc) is 3.42. The van der Waals surface area contributed by atoms with Crippen molar-refractivity contribution >= 4 is 86.6 Å². The second-order valence-corrected chi connectivity index (χ2v) is 19.0. The maximum atomic E-state index is 13.1. The molecule has 3 aliphatic rings. The zero-order valence-electron chi connectivity index (χ0n) is 45.4. The number of nitrogens with one attached hydrogen (secondary N) is 9. The summed E-state index contributed by atoms with van der Waals surface area (Å²) in [6.45, 7) is -9.06. The minimum Gasteiger partial charge on any atom is -0.415 e. The summed E-state index contributed by atoms with van der Waals surface area (Å²) in [4.78, 5) is 62.1. The molecule has 3 aliphatic carbocycles. The zero-order chi connectivity index (χ0) is 60.6. The van der Waals surface area contributed by atoms with Crippen LogP contribution in [0.4, 0.5) is 82.7 Å². The Hall–Kier alpha value is -10.6. The van der Waals surface area contributed by atoms with Crippen molar-refractivity contribution in [3.05, 3.63) is 108 Å². The third kappa shape index (κ3) is 13.9. The van der Waals surface area contributed by atoms with E-state index in [0.29, 0.717) is 51.5 Å². The Morgan fingerprint density at radius 2 is 0.837 bits per heavy atom. The van der Waals surface area contributed by atoms with E-state index in [9.17, 15) is 45.1 Å². The summed E-state index contributed by atoms with van der Waals surface area (Å²) < 4.78 is 106. The van der Waals surface area contributed by atoms with E-state index < -0.39 is 38.0 Å². The van der Waals surface area contributed by atoms with Crippen molar-refractivity contribution in [1.29, 1.82) is 0 Å². The van der Waals surface area contributed by atoms with Gasteiger partial charge in [0, 0.05) is 76.4 Å². The lowest BCUT2D eigenvalue weighted by atomic mass is 9.93. The highest BCUT2D eigenvalue weighted by Gasteiger charge is 2.39. The van der Waals surface area contributed by atoms with Crippen LogP contribution in [0, 0.1) is 0 Å². The predicted molar refractivity (Wildman–Crippen MR) is 296 cm³/mol. The van der Waals surface area contributed by atoms with Gasteiger partial charge >= 0.3 is 19.8 Å². The molecular formula is C52H52F7N21O6. The van der Waals surface area contributed by atoms with Crippen LogP contribution < -0.4 is 62.1 Å². The fourth-order valence-electron chi connectivity index (χ4n) is 8.37. The Balaban J connectivity index is 0.000000143. The molecule has 3 saturated carbocycles. The molecule has 450 valence electrons. The molecule has 2 atom stereocenters. The molecule has 9 aromatic rings. The zero-order valence-corrected chi connectivity index (χ0v) is 45.4. The number of anilines is 9. The Morgan fingerprint density at radius 3 is 1.12 bits per heavy atom. The number of aromatic nitrogens is 12. The third-order valence-corrected chi connectivity index (χ3v) is 13.0. The Kier molecular flexibility index (Phi) is 17.7. The quantitative estimate of drug-likeness (QED) is 0.0314. The van der Waals surface area contributed by atoms with Gasteiger partial charge in [0.15, 0.2) is 16.9 Å². The van der Waals surface area contributed by atoms with Crippen molar-refractivity contribution in [3.8, 4) is 17.6 Å². The van der Waals surface area contributed by atoms with Crippen LogP contribution in [0.25, 0.3) is 16.9 Å². The van der Waals surface area contributed by atoms with E-state index in [0.717, 1.165) is 32.1 Å². The van der Waals surface area contributed by atoms with Crippen LogP contribution in [0.15, 0.2) is 91.8 Å². The molecule has 9 heterocycles. The van der Waals surface area contributed by atoms with E-state index in [1.807, 2.05) is 0 Å². The largest absolute Gasteiger partial charge is 0.415 e. The molecule has 0 aliphatic heterocycles. The van der Waals surface area contributed by atoms with E-state index in [4.69, 9.17) is 0 Å². The minimum atomic E-state index is -3.04. The lowest BCUT2D eigenvalue weighted by Crippen LogP contribution is -2.39. The summed E-state index contributed by atoms with van der Waals surface area (Å²) in [5.41, 5.74) is 2.25. The van der Waals surface area contributed by atoms with Gasteiger partial charge in [-0.25, -0.2) is 34.3 Å². The standard InChI is InChI=1S/C18H19F2N7O2.C17H16F3N7O2.C17H17F2N7O2/c1-21-14-8-13(25-12-6-3-7-22-17(12)29-18(19)20)26-15-11(9-23-27(14)15)16(28)24-10-4-2-5-10;1-21-13-6-12(24-10-3-2-4-22-16(10)29-17(19)20)26-14-8(7-23-27(13)14)15(28)25-11-5-9(11)18;1-20-13-7-12(24-11-3-2-6-21-16(11)28-17(18)19)25-14-10(8-22-26(13)14)15(27)23-9-4-5-9/h3,6-10,18,21H,2,4-5H2,1H3,(H,24,28)(H,25,26);2-4,6-7,9,11,17,21H,5H2,1H3,(H,24,26)(H,25,28);2-3,6-9,17,20H,4-5H2,1H3,(H,23,27)(H,24,25)/t;9-,11+;/m.1./s1. The number of hydrogen-bond donors (Lipinski definition) is 9. The molecule has 0 unspecified atom stereocenters. The molecule has 0 bridgehead atoms. The number of rotatable bonds is 21. The number of carbonyl (C=O) groups is 3. The van der Waals surface area contributed by atoms with Crippen molar-refractivity contribution in [2.45, 2.75) is 82.7 Å². The first-order valence-electron chi connectivity index (χ1n) is 26.3. The third-order valence-electron chi connectivity index (χ3n) is 13.0. The lowest BCUT2D eigenvalue weighted by Gasteiger charge is -2.26. The smallest absolute Gasteiger partial charge is 0.388 e. The van der Waals surface area contributed by atoms with Crippen molar-refractivity contribution < 1.29 is 59.3 Å². The molecule has 34 heteroatoms. The molecule has 0 radical (unpaired) electrons. The molecule has 86 heavy (non-hydrogen) atoms. The average molecular weight is 1200 g/mol. The SMILES string of the molecule is CNc1cc(Nc2cccnc2OC(F)F)nc2c(C(=O)NC3CC3)cnn12.CNc1cc(Nc2cccnc2OC(F)F)nc2c(C(=O)NC3CCC3)cnn12.CNc1cc(Nc2cccnc2OC(F)F)nc2c(C(=O)N[C@H]3C[C@H]3F)cnn12. The maximum Gasteiger partial charge on any atom is 0.388 e. The van der Waals surface area contributed by atoms with Gasteiger partial charge < -0.3 is 62.1 Å². The fraction of sp³-hybridized carbons (Fsp3) is 0.308. The van der Waals surface area contributed by atoms with Crippen LogP contribution in [-0.4, -0.2) is 142 Å². The van der Waals surface area contributed by atoms with Crippen LogP contribution in [0.3, 0.4) is 0 Å². The lowest BCUT2D eigenvalue weighted by molar-refractivity contribution is -0.0529. The number of amides is 3. The monoisotopic (exact) mass is 1200 g/mol. The Labute approximate surface area is 481 Å². The summed E-state index contributed by atoms with van der Waals surface area (Å²) in [5, 5.41) is 38.6.